The van der Waals surface area contributed by atoms with Gasteiger partial charge in [0.15, 0.2) is 0 Å². The number of amides is 3. The van der Waals surface area contributed by atoms with Gasteiger partial charge in [0.1, 0.15) is 17.7 Å². The Labute approximate surface area is 235 Å². The van der Waals surface area contributed by atoms with E-state index in [1.54, 1.807) is 36.5 Å². The second-order valence-corrected chi connectivity index (χ2v) is 10.2. The second-order valence-electron chi connectivity index (χ2n) is 10.2. The number of anilines is 2. The van der Waals surface area contributed by atoms with Crippen LogP contribution in [0.25, 0.3) is 0 Å². The molecule has 1 fully saturated rings. The zero-order chi connectivity index (χ0) is 28.3. The van der Waals surface area contributed by atoms with Crippen molar-refractivity contribution in [1.82, 2.24) is 10.3 Å². The van der Waals surface area contributed by atoms with Crippen molar-refractivity contribution in [3.63, 3.8) is 0 Å². The normalized spacial score (nSPS) is 14.2. The average molecular weight is 545 g/mol. The van der Waals surface area contributed by atoms with Crippen LogP contribution in [0.15, 0.2) is 72.9 Å². The Morgan fingerprint density at radius 3 is 2.33 bits per heavy atom. The molecule has 40 heavy (non-hydrogen) atoms. The van der Waals surface area contributed by atoms with E-state index in [0.717, 1.165) is 44.1 Å². The van der Waals surface area contributed by atoms with Crippen LogP contribution in [-0.2, 0) is 20.8 Å². The highest BCUT2D eigenvalue weighted by Crippen LogP contribution is 2.31. The number of rotatable bonds is 11. The summed E-state index contributed by atoms with van der Waals surface area (Å²) in [6, 6.07) is 17.6. The van der Waals surface area contributed by atoms with Crippen LogP contribution >= 0.6 is 0 Å². The van der Waals surface area contributed by atoms with Gasteiger partial charge in [0.05, 0.1) is 0 Å². The Kier molecular flexibility index (Phi) is 10.4. The monoisotopic (exact) mass is 544 g/mol. The summed E-state index contributed by atoms with van der Waals surface area (Å²) in [5.74, 6) is -0.788. The molecule has 1 aliphatic rings. The van der Waals surface area contributed by atoms with E-state index >= 15 is 0 Å². The Bertz CT molecular complexity index is 1260. The van der Waals surface area contributed by atoms with Crippen molar-refractivity contribution >= 4 is 29.2 Å². The van der Waals surface area contributed by atoms with Crippen LogP contribution in [-0.4, -0.2) is 28.7 Å². The minimum atomic E-state index is -0.982. The molecule has 0 bridgehead atoms. The first kappa shape index (κ1) is 28.9. The van der Waals surface area contributed by atoms with E-state index in [9.17, 15) is 18.8 Å². The van der Waals surface area contributed by atoms with Gasteiger partial charge in [-0.05, 0) is 73.2 Å². The van der Waals surface area contributed by atoms with Gasteiger partial charge in [-0.25, -0.2) is 9.37 Å². The SMILES string of the molecule is CCc1ccc(N(C(=O)CCCC(=O)Nc2ccccn2)[C@H](C(=O)NC2CCCCC2)c2ccc(F)cc2)cc1. The van der Waals surface area contributed by atoms with E-state index in [4.69, 9.17) is 0 Å². The molecular weight excluding hydrogens is 507 g/mol. The van der Waals surface area contributed by atoms with E-state index in [1.165, 1.54) is 17.0 Å². The number of halogens is 1. The molecule has 3 amide bonds. The van der Waals surface area contributed by atoms with Gasteiger partial charge in [0.25, 0.3) is 0 Å². The molecule has 210 valence electrons. The number of pyridine rings is 1. The quantitative estimate of drug-likeness (QED) is 0.304. The molecule has 4 rings (SSSR count). The molecule has 0 saturated heterocycles. The van der Waals surface area contributed by atoms with Gasteiger partial charge in [-0.3, -0.25) is 19.3 Å². The van der Waals surface area contributed by atoms with Crippen molar-refractivity contribution in [2.75, 3.05) is 10.2 Å². The fraction of sp³-hybridized carbons (Fsp3) is 0.375. The molecule has 1 aliphatic carbocycles. The third kappa shape index (κ3) is 7.97. The maximum Gasteiger partial charge on any atom is 0.248 e. The smallest absolute Gasteiger partial charge is 0.248 e. The average Bonchev–Trinajstić information content (AvgIpc) is 2.97. The molecular formula is C32H37FN4O3. The number of aromatic nitrogens is 1. The molecule has 2 aromatic carbocycles. The molecule has 0 radical (unpaired) electrons. The number of benzene rings is 2. The number of hydrogen-bond acceptors (Lipinski definition) is 4. The highest BCUT2D eigenvalue weighted by atomic mass is 19.1. The van der Waals surface area contributed by atoms with Crippen molar-refractivity contribution in [2.45, 2.75) is 76.8 Å². The molecule has 1 atom stereocenters. The number of nitrogens with one attached hydrogen (secondary N) is 2. The molecule has 3 aromatic rings. The van der Waals surface area contributed by atoms with Crippen molar-refractivity contribution in [2.24, 2.45) is 0 Å². The van der Waals surface area contributed by atoms with Gasteiger partial charge in [0.2, 0.25) is 17.7 Å². The van der Waals surface area contributed by atoms with Crippen LogP contribution in [0, 0.1) is 5.82 Å². The van der Waals surface area contributed by atoms with Crippen molar-refractivity contribution < 1.29 is 18.8 Å². The van der Waals surface area contributed by atoms with Crippen LogP contribution in [0.5, 0.6) is 0 Å². The highest BCUT2D eigenvalue weighted by Gasteiger charge is 2.34. The molecule has 0 spiro atoms. The Hall–Kier alpha value is -4.07. The van der Waals surface area contributed by atoms with Crippen LogP contribution in [0.3, 0.4) is 0 Å². The van der Waals surface area contributed by atoms with Gasteiger partial charge in [0, 0.05) is 30.8 Å². The Balaban J connectivity index is 1.58. The number of aryl methyl sites for hydroxylation is 1. The topological polar surface area (TPSA) is 91.4 Å². The maximum absolute atomic E-state index is 13.9. The predicted molar refractivity (Wildman–Crippen MR) is 154 cm³/mol. The zero-order valence-corrected chi connectivity index (χ0v) is 22.9. The molecule has 0 aliphatic heterocycles. The standard InChI is InChI=1S/C32H37FN4O3/c1-2-23-14-20-27(21-15-23)37(30(39)13-8-12-29(38)36-28-11-6-7-22-34-28)31(24-16-18-25(33)19-17-24)32(40)35-26-9-4-3-5-10-26/h6-7,11,14-22,26,31H,2-5,8-10,12-13H2,1H3,(H,35,40)(H,34,36,38)/t31-/m0/s1. The van der Waals surface area contributed by atoms with E-state index in [0.29, 0.717) is 23.5 Å². The molecule has 2 N–H and O–H groups in total. The molecule has 7 nitrogen and oxygen atoms in total. The fourth-order valence-electron chi connectivity index (χ4n) is 5.08. The van der Waals surface area contributed by atoms with Crippen LogP contribution in [0.2, 0.25) is 0 Å². The molecule has 1 heterocycles. The lowest BCUT2D eigenvalue weighted by atomic mass is 9.94. The van der Waals surface area contributed by atoms with Crippen LogP contribution in [0.1, 0.15) is 75.5 Å². The second kappa shape index (κ2) is 14.4. The summed E-state index contributed by atoms with van der Waals surface area (Å²) in [5, 5.41) is 5.90. The Morgan fingerprint density at radius 1 is 0.950 bits per heavy atom. The maximum atomic E-state index is 13.9. The predicted octanol–water partition coefficient (Wildman–Crippen LogP) is 6.12. The molecule has 1 saturated carbocycles. The first-order valence-electron chi connectivity index (χ1n) is 14.1. The number of carbonyl (C=O) groups excluding carboxylic acids is 3. The minimum Gasteiger partial charge on any atom is -0.351 e. The summed E-state index contributed by atoms with van der Waals surface area (Å²) < 4.78 is 13.9. The third-order valence-corrected chi connectivity index (χ3v) is 7.26. The molecule has 8 heteroatoms. The Morgan fingerprint density at radius 2 is 1.68 bits per heavy atom. The minimum absolute atomic E-state index is 0.0407. The summed E-state index contributed by atoms with van der Waals surface area (Å²) in [4.78, 5) is 45.7. The van der Waals surface area contributed by atoms with Gasteiger partial charge < -0.3 is 10.6 Å². The van der Waals surface area contributed by atoms with E-state index in [-0.39, 0.29) is 36.6 Å². The number of hydrogen-bond donors (Lipinski definition) is 2. The summed E-state index contributed by atoms with van der Waals surface area (Å²) in [7, 11) is 0. The number of nitrogens with zero attached hydrogens (tertiary/aromatic N) is 2. The summed E-state index contributed by atoms with van der Waals surface area (Å²) in [5.41, 5.74) is 2.20. The molecule has 0 unspecified atom stereocenters. The summed E-state index contributed by atoms with van der Waals surface area (Å²) in [6.45, 7) is 2.05. The van der Waals surface area contributed by atoms with Gasteiger partial charge in [-0.15, -0.1) is 0 Å². The zero-order valence-electron chi connectivity index (χ0n) is 22.9. The van der Waals surface area contributed by atoms with Crippen molar-refractivity contribution in [3.05, 3.63) is 89.9 Å². The van der Waals surface area contributed by atoms with Gasteiger partial charge >= 0.3 is 0 Å². The first-order chi connectivity index (χ1) is 19.4. The summed E-state index contributed by atoms with van der Waals surface area (Å²) in [6.07, 6.45) is 7.94. The van der Waals surface area contributed by atoms with Crippen molar-refractivity contribution in [1.29, 1.82) is 0 Å². The largest absolute Gasteiger partial charge is 0.351 e. The van der Waals surface area contributed by atoms with Gasteiger partial charge in [-0.2, -0.15) is 0 Å². The van der Waals surface area contributed by atoms with Crippen LogP contribution < -0.4 is 15.5 Å². The lowest BCUT2D eigenvalue weighted by molar-refractivity contribution is -0.127. The van der Waals surface area contributed by atoms with E-state index < -0.39 is 11.9 Å². The lowest BCUT2D eigenvalue weighted by Gasteiger charge is -2.33. The van der Waals surface area contributed by atoms with Crippen molar-refractivity contribution in [3.8, 4) is 0 Å². The number of carbonyl (C=O) groups is 3. The third-order valence-electron chi connectivity index (χ3n) is 7.26. The first-order valence-corrected chi connectivity index (χ1v) is 14.1. The highest BCUT2D eigenvalue weighted by molar-refractivity contribution is 6.01. The van der Waals surface area contributed by atoms with Crippen LogP contribution in [0.4, 0.5) is 15.9 Å². The lowest BCUT2D eigenvalue weighted by Crippen LogP contribution is -2.47. The van der Waals surface area contributed by atoms with E-state index in [1.807, 2.05) is 31.2 Å². The summed E-state index contributed by atoms with van der Waals surface area (Å²) >= 11 is 0. The van der Waals surface area contributed by atoms with E-state index in [2.05, 4.69) is 15.6 Å². The van der Waals surface area contributed by atoms with Gasteiger partial charge in [-0.1, -0.05) is 56.5 Å². The molecule has 1 aromatic heterocycles. The fourth-order valence-corrected chi connectivity index (χ4v) is 5.08.